The van der Waals surface area contributed by atoms with Crippen LogP contribution in [0.25, 0.3) is 21.9 Å². The van der Waals surface area contributed by atoms with Gasteiger partial charge in [-0.05, 0) is 23.1 Å². The first kappa shape index (κ1) is 16.5. The third kappa shape index (κ3) is 3.39. The Kier molecular flexibility index (Phi) is 4.30. The summed E-state index contributed by atoms with van der Waals surface area (Å²) in [7, 11) is 1.91. The van der Waals surface area contributed by atoms with Gasteiger partial charge in [-0.25, -0.2) is 4.98 Å². The van der Waals surface area contributed by atoms with Crippen LogP contribution < -0.4 is 10.6 Å². The molecule has 1 aromatic carbocycles. The Bertz CT molecular complexity index is 952. The number of primary amides is 1. The minimum atomic E-state index is -0.343. The van der Waals surface area contributed by atoms with Gasteiger partial charge in [0.2, 0.25) is 5.91 Å². The molecule has 1 aliphatic heterocycles. The Balaban J connectivity index is 1.62. The van der Waals surface area contributed by atoms with E-state index in [1.807, 2.05) is 25.6 Å². The third-order valence-corrected chi connectivity index (χ3v) is 4.64. The molecule has 0 spiro atoms. The molecule has 1 aliphatic rings. The molecule has 2 aromatic heterocycles. The Morgan fingerprint density at radius 2 is 2.15 bits per heavy atom. The minimum Gasteiger partial charge on any atom is -0.374 e. The number of ether oxygens (including phenoxy) is 1. The molecule has 1 amide bonds. The Morgan fingerprint density at radius 1 is 1.27 bits per heavy atom. The van der Waals surface area contributed by atoms with Gasteiger partial charge < -0.3 is 15.4 Å². The number of anilines is 1. The van der Waals surface area contributed by atoms with Gasteiger partial charge in [-0.15, -0.1) is 0 Å². The zero-order chi connectivity index (χ0) is 18.1. The molecule has 1 unspecified atom stereocenters. The van der Waals surface area contributed by atoms with Crippen molar-refractivity contribution in [2.45, 2.75) is 12.5 Å². The second kappa shape index (κ2) is 6.76. The van der Waals surface area contributed by atoms with Gasteiger partial charge in [-0.2, -0.15) is 5.10 Å². The van der Waals surface area contributed by atoms with Crippen molar-refractivity contribution >= 4 is 22.5 Å². The van der Waals surface area contributed by atoms with E-state index in [0.717, 1.165) is 34.3 Å². The number of fused-ring (bicyclic) bond motifs is 1. The summed E-state index contributed by atoms with van der Waals surface area (Å²) in [5.74, 6) is 0.544. The number of pyridine rings is 1. The van der Waals surface area contributed by atoms with Gasteiger partial charge in [0, 0.05) is 43.5 Å². The van der Waals surface area contributed by atoms with Crippen molar-refractivity contribution < 1.29 is 9.53 Å². The average molecular weight is 351 g/mol. The summed E-state index contributed by atoms with van der Waals surface area (Å²) >= 11 is 0. The predicted molar refractivity (Wildman–Crippen MR) is 99.7 cm³/mol. The van der Waals surface area contributed by atoms with Crippen LogP contribution in [0.15, 0.2) is 42.9 Å². The highest BCUT2D eigenvalue weighted by molar-refractivity contribution is 5.88. The number of aromatic nitrogens is 3. The Labute approximate surface area is 151 Å². The number of rotatable bonds is 4. The lowest BCUT2D eigenvalue weighted by atomic mass is 10.0. The van der Waals surface area contributed by atoms with E-state index < -0.39 is 0 Å². The molecule has 7 nitrogen and oxygen atoms in total. The number of hydrogen-bond donors (Lipinski definition) is 1. The first-order valence-electron chi connectivity index (χ1n) is 8.62. The maximum absolute atomic E-state index is 11.2. The lowest BCUT2D eigenvalue weighted by molar-refractivity contribution is -0.121. The summed E-state index contributed by atoms with van der Waals surface area (Å²) in [6, 6.07) is 8.39. The van der Waals surface area contributed by atoms with Gasteiger partial charge >= 0.3 is 0 Å². The zero-order valence-corrected chi connectivity index (χ0v) is 14.6. The van der Waals surface area contributed by atoms with Crippen LogP contribution in [-0.4, -0.2) is 46.5 Å². The van der Waals surface area contributed by atoms with E-state index in [9.17, 15) is 4.79 Å². The van der Waals surface area contributed by atoms with Gasteiger partial charge in [0.25, 0.3) is 0 Å². The summed E-state index contributed by atoms with van der Waals surface area (Å²) in [5, 5.41) is 6.45. The Morgan fingerprint density at radius 3 is 2.92 bits per heavy atom. The van der Waals surface area contributed by atoms with Gasteiger partial charge in [0.05, 0.1) is 25.3 Å². The molecule has 2 N–H and O–H groups in total. The van der Waals surface area contributed by atoms with Crippen LogP contribution >= 0.6 is 0 Å². The molecule has 4 rings (SSSR count). The molecule has 0 aliphatic carbocycles. The van der Waals surface area contributed by atoms with E-state index >= 15 is 0 Å². The highest BCUT2D eigenvalue weighted by Crippen LogP contribution is 2.27. The van der Waals surface area contributed by atoms with Crippen molar-refractivity contribution in [3.63, 3.8) is 0 Å². The van der Waals surface area contributed by atoms with Crippen LogP contribution in [-0.2, 0) is 16.6 Å². The first-order chi connectivity index (χ1) is 12.6. The van der Waals surface area contributed by atoms with Crippen molar-refractivity contribution in [3.05, 3.63) is 42.9 Å². The number of amides is 1. The second-order valence-corrected chi connectivity index (χ2v) is 6.62. The monoisotopic (exact) mass is 351 g/mol. The number of benzene rings is 1. The molecule has 0 bridgehead atoms. The van der Waals surface area contributed by atoms with Crippen molar-refractivity contribution in [2.24, 2.45) is 12.8 Å². The van der Waals surface area contributed by atoms with Gasteiger partial charge in [-0.1, -0.05) is 12.1 Å². The van der Waals surface area contributed by atoms with Crippen molar-refractivity contribution in [2.75, 3.05) is 24.6 Å². The average Bonchev–Trinajstić information content (AvgIpc) is 3.07. The fourth-order valence-electron chi connectivity index (χ4n) is 3.33. The van der Waals surface area contributed by atoms with Crippen LogP contribution in [0, 0.1) is 0 Å². The summed E-state index contributed by atoms with van der Waals surface area (Å²) in [6.45, 7) is 1.92. The summed E-state index contributed by atoms with van der Waals surface area (Å²) in [4.78, 5) is 17.9. The molecular weight excluding hydrogens is 330 g/mol. The van der Waals surface area contributed by atoms with Gasteiger partial charge in [-0.3, -0.25) is 9.48 Å². The standard InChI is InChI=1S/C19H21N5O2/c1-23-11-16(10-22-23)13-2-3-14-9-21-19(7-15(14)6-13)24-4-5-26-17(12-24)8-18(20)25/h2-3,6-7,9-11,17H,4-5,8,12H2,1H3,(H2,20,25). The highest BCUT2D eigenvalue weighted by Gasteiger charge is 2.23. The van der Waals surface area contributed by atoms with Crippen LogP contribution in [0.4, 0.5) is 5.82 Å². The summed E-state index contributed by atoms with van der Waals surface area (Å²) in [6.07, 6.45) is 5.80. The van der Waals surface area contributed by atoms with Crippen LogP contribution in [0.1, 0.15) is 6.42 Å². The summed E-state index contributed by atoms with van der Waals surface area (Å²) < 4.78 is 7.42. The van der Waals surface area contributed by atoms with E-state index in [1.54, 1.807) is 4.68 Å². The maximum atomic E-state index is 11.2. The number of morpholine rings is 1. The first-order valence-corrected chi connectivity index (χ1v) is 8.62. The van der Waals surface area contributed by atoms with Crippen LogP contribution in [0.3, 0.4) is 0 Å². The minimum absolute atomic E-state index is 0.180. The normalized spacial score (nSPS) is 17.6. The van der Waals surface area contributed by atoms with Crippen molar-refractivity contribution in [1.82, 2.24) is 14.8 Å². The molecule has 0 saturated carbocycles. The van der Waals surface area contributed by atoms with Gasteiger partial charge in [0.15, 0.2) is 0 Å². The van der Waals surface area contributed by atoms with Crippen LogP contribution in [0.2, 0.25) is 0 Å². The third-order valence-electron chi connectivity index (χ3n) is 4.64. The molecule has 7 heteroatoms. The molecular formula is C19H21N5O2. The molecule has 3 aromatic rings. The number of nitrogens with two attached hydrogens (primary N) is 1. The molecule has 1 atom stereocenters. The van der Waals surface area contributed by atoms with Crippen molar-refractivity contribution in [3.8, 4) is 11.1 Å². The lowest BCUT2D eigenvalue weighted by Crippen LogP contribution is -2.44. The number of carbonyl (C=O) groups excluding carboxylic acids is 1. The van der Waals surface area contributed by atoms with Crippen LogP contribution in [0.5, 0.6) is 0 Å². The number of hydrogen-bond acceptors (Lipinski definition) is 5. The maximum Gasteiger partial charge on any atom is 0.220 e. The molecule has 1 saturated heterocycles. The fraction of sp³-hybridized carbons (Fsp3) is 0.316. The lowest BCUT2D eigenvalue weighted by Gasteiger charge is -2.33. The molecule has 1 fully saturated rings. The quantitative estimate of drug-likeness (QED) is 0.773. The summed E-state index contributed by atoms with van der Waals surface area (Å²) in [5.41, 5.74) is 7.50. The van der Waals surface area contributed by atoms with Crippen molar-refractivity contribution in [1.29, 1.82) is 0 Å². The Hall–Kier alpha value is -2.93. The van der Waals surface area contributed by atoms with E-state index in [1.165, 1.54) is 0 Å². The largest absolute Gasteiger partial charge is 0.374 e. The smallest absolute Gasteiger partial charge is 0.220 e. The van der Waals surface area contributed by atoms with E-state index in [-0.39, 0.29) is 18.4 Å². The number of aryl methyl sites for hydroxylation is 1. The molecule has 134 valence electrons. The topological polar surface area (TPSA) is 86.3 Å². The molecule has 26 heavy (non-hydrogen) atoms. The highest BCUT2D eigenvalue weighted by atomic mass is 16.5. The van der Waals surface area contributed by atoms with Gasteiger partial charge in [0.1, 0.15) is 5.82 Å². The fourth-order valence-corrected chi connectivity index (χ4v) is 3.33. The molecule has 3 heterocycles. The van der Waals surface area contributed by atoms with E-state index in [4.69, 9.17) is 10.5 Å². The second-order valence-electron chi connectivity index (χ2n) is 6.62. The number of carbonyl (C=O) groups is 1. The van der Waals surface area contributed by atoms with E-state index in [0.29, 0.717) is 13.2 Å². The predicted octanol–water partition coefficient (Wildman–Crippen LogP) is 1.72. The number of nitrogens with zero attached hydrogens (tertiary/aromatic N) is 4. The van der Waals surface area contributed by atoms with E-state index in [2.05, 4.69) is 39.2 Å². The SMILES string of the molecule is Cn1cc(-c2ccc3cnc(N4CCOC(CC(N)=O)C4)cc3c2)cn1. The zero-order valence-electron chi connectivity index (χ0n) is 14.6. The molecule has 0 radical (unpaired) electrons.